The number of aldehydes is 1. The quantitative estimate of drug-likeness (QED) is 0.467. The van der Waals surface area contributed by atoms with Gasteiger partial charge in [0, 0.05) is 17.7 Å². The van der Waals surface area contributed by atoms with Gasteiger partial charge in [-0.05, 0) is 69.8 Å². The second kappa shape index (κ2) is 13.6. The Morgan fingerprint density at radius 2 is 1.89 bits per heavy atom. The molecule has 9 heteroatoms. The van der Waals surface area contributed by atoms with Crippen molar-refractivity contribution in [2.24, 2.45) is 0 Å². The van der Waals surface area contributed by atoms with Crippen LogP contribution in [-0.4, -0.2) is 45.2 Å². The normalized spacial score (nSPS) is 16.4. The zero-order valence-corrected chi connectivity index (χ0v) is 21.0. The molecule has 1 fully saturated rings. The summed E-state index contributed by atoms with van der Waals surface area (Å²) < 4.78 is 26.1. The standard InChI is InChI=1S/C13H12N2O3.C8H8F2.C6H13NO/c1-8-3-4-10(6-16)5-11(8)15-7-14-9(2)12(17)13(15)18;1-2-6-3-4-7(9)5-8(6)10;1-7-5-3-2-4-6(5)8/h3-7,17H,1-2H3;3-5H,2H2,1H3;5-8H,2-4H2,1H3. The Morgan fingerprint density at radius 3 is 2.42 bits per heavy atom. The van der Waals surface area contributed by atoms with E-state index in [0.29, 0.717) is 35.6 Å². The largest absolute Gasteiger partial charge is 0.502 e. The van der Waals surface area contributed by atoms with Crippen molar-refractivity contribution in [2.45, 2.75) is 58.6 Å². The number of hydrogen-bond acceptors (Lipinski definition) is 6. The number of aromatic nitrogens is 2. The predicted molar refractivity (Wildman–Crippen MR) is 135 cm³/mol. The Balaban J connectivity index is 0.000000213. The van der Waals surface area contributed by atoms with E-state index in [-0.39, 0.29) is 17.5 Å². The summed E-state index contributed by atoms with van der Waals surface area (Å²) in [4.78, 5) is 26.6. The Morgan fingerprint density at radius 1 is 1.17 bits per heavy atom. The van der Waals surface area contributed by atoms with Crippen LogP contribution in [0.2, 0.25) is 0 Å². The van der Waals surface area contributed by atoms with Crippen LogP contribution in [0.3, 0.4) is 0 Å². The zero-order valence-electron chi connectivity index (χ0n) is 21.0. The highest BCUT2D eigenvalue weighted by Crippen LogP contribution is 2.18. The molecule has 4 rings (SSSR count). The number of carbonyl (C=O) groups excluding carboxylic acids is 1. The Bertz CT molecular complexity index is 1230. The van der Waals surface area contributed by atoms with Gasteiger partial charge < -0.3 is 15.5 Å². The molecule has 2 unspecified atom stereocenters. The van der Waals surface area contributed by atoms with Crippen molar-refractivity contribution >= 4 is 6.29 Å². The van der Waals surface area contributed by atoms with Crippen molar-refractivity contribution in [1.29, 1.82) is 0 Å². The maximum Gasteiger partial charge on any atom is 0.300 e. The van der Waals surface area contributed by atoms with E-state index in [2.05, 4.69) is 10.3 Å². The van der Waals surface area contributed by atoms with E-state index >= 15 is 0 Å². The number of nitrogens with one attached hydrogen (secondary N) is 1. The third kappa shape index (κ3) is 7.53. The number of hydrogen-bond donors (Lipinski definition) is 3. The van der Waals surface area contributed by atoms with Crippen LogP contribution in [0.4, 0.5) is 8.78 Å². The Kier molecular flexibility index (Phi) is 10.9. The van der Waals surface area contributed by atoms with Crippen molar-refractivity contribution in [1.82, 2.24) is 14.9 Å². The minimum Gasteiger partial charge on any atom is -0.502 e. The minimum absolute atomic E-state index is 0.0833. The lowest BCUT2D eigenvalue weighted by Crippen LogP contribution is -2.32. The summed E-state index contributed by atoms with van der Waals surface area (Å²) in [6.45, 7) is 5.19. The summed E-state index contributed by atoms with van der Waals surface area (Å²) in [5.74, 6) is -1.36. The van der Waals surface area contributed by atoms with E-state index < -0.39 is 17.2 Å². The highest BCUT2D eigenvalue weighted by atomic mass is 19.1. The molecule has 0 saturated heterocycles. The van der Waals surface area contributed by atoms with Crippen LogP contribution in [0.25, 0.3) is 5.69 Å². The number of carbonyl (C=O) groups is 1. The number of aromatic hydroxyl groups is 1. The number of aliphatic hydroxyl groups is 1. The van der Waals surface area contributed by atoms with Gasteiger partial charge in [0.1, 0.15) is 24.2 Å². The molecule has 1 aromatic heterocycles. The summed E-state index contributed by atoms with van der Waals surface area (Å²) >= 11 is 0. The topological polar surface area (TPSA) is 104 Å². The average Bonchev–Trinajstić information content (AvgIpc) is 3.29. The number of nitrogens with zero attached hydrogens (tertiary/aromatic N) is 2. The van der Waals surface area contributed by atoms with Gasteiger partial charge in [-0.2, -0.15) is 0 Å². The van der Waals surface area contributed by atoms with Gasteiger partial charge in [0.05, 0.1) is 17.5 Å². The van der Waals surface area contributed by atoms with Crippen LogP contribution in [-0.2, 0) is 6.42 Å². The number of aryl methyl sites for hydroxylation is 3. The number of likely N-dealkylation sites (N-methyl/N-ethyl adjacent to an activating group) is 1. The molecule has 1 aliphatic carbocycles. The molecule has 0 spiro atoms. The predicted octanol–water partition coefficient (Wildman–Crippen LogP) is 4.01. The van der Waals surface area contributed by atoms with E-state index in [4.69, 9.17) is 5.11 Å². The summed E-state index contributed by atoms with van der Waals surface area (Å²) in [6.07, 6.45) is 5.85. The lowest BCUT2D eigenvalue weighted by Gasteiger charge is -2.11. The van der Waals surface area contributed by atoms with Gasteiger partial charge in [-0.15, -0.1) is 0 Å². The van der Waals surface area contributed by atoms with Crippen molar-refractivity contribution in [3.63, 3.8) is 0 Å². The summed E-state index contributed by atoms with van der Waals surface area (Å²) in [6, 6.07) is 8.99. The van der Waals surface area contributed by atoms with Crippen molar-refractivity contribution in [3.05, 3.63) is 87.1 Å². The van der Waals surface area contributed by atoms with Crippen LogP contribution in [0.1, 0.15) is 53.4 Å². The molecular formula is C27H33F2N3O4. The second-order valence-corrected chi connectivity index (χ2v) is 8.50. The number of aliphatic hydroxyl groups excluding tert-OH is 1. The van der Waals surface area contributed by atoms with E-state index in [1.807, 2.05) is 20.9 Å². The monoisotopic (exact) mass is 501 g/mol. The molecule has 194 valence electrons. The molecule has 2 atom stereocenters. The number of benzene rings is 2. The van der Waals surface area contributed by atoms with Gasteiger partial charge in [0.15, 0.2) is 0 Å². The van der Waals surface area contributed by atoms with Gasteiger partial charge >= 0.3 is 0 Å². The minimum atomic E-state index is -0.548. The maximum absolute atomic E-state index is 12.6. The molecule has 0 aliphatic heterocycles. The molecule has 36 heavy (non-hydrogen) atoms. The molecule has 0 bridgehead atoms. The maximum atomic E-state index is 12.6. The van der Waals surface area contributed by atoms with E-state index in [9.17, 15) is 23.5 Å². The summed E-state index contributed by atoms with van der Waals surface area (Å²) in [7, 11) is 1.90. The lowest BCUT2D eigenvalue weighted by atomic mass is 10.1. The van der Waals surface area contributed by atoms with Crippen LogP contribution in [0.5, 0.6) is 5.75 Å². The first kappa shape index (κ1) is 28.8. The van der Waals surface area contributed by atoms with E-state index in [1.165, 1.54) is 29.4 Å². The zero-order chi connectivity index (χ0) is 26.8. The highest BCUT2D eigenvalue weighted by Gasteiger charge is 2.22. The number of halogens is 2. The van der Waals surface area contributed by atoms with Crippen LogP contribution in [0.15, 0.2) is 47.5 Å². The molecule has 0 amide bonds. The van der Waals surface area contributed by atoms with Gasteiger partial charge in [-0.25, -0.2) is 13.8 Å². The van der Waals surface area contributed by atoms with Crippen LogP contribution < -0.4 is 10.9 Å². The van der Waals surface area contributed by atoms with Crippen molar-refractivity contribution in [3.8, 4) is 11.4 Å². The first-order chi connectivity index (χ1) is 17.1. The van der Waals surface area contributed by atoms with Gasteiger partial charge in [-0.1, -0.05) is 25.1 Å². The highest BCUT2D eigenvalue weighted by molar-refractivity contribution is 5.76. The molecular weight excluding hydrogens is 468 g/mol. The van der Waals surface area contributed by atoms with Crippen LogP contribution in [0, 0.1) is 25.5 Å². The first-order valence-corrected chi connectivity index (χ1v) is 11.8. The smallest absolute Gasteiger partial charge is 0.300 e. The Labute approximate surface area is 209 Å². The second-order valence-electron chi connectivity index (χ2n) is 8.50. The molecule has 7 nitrogen and oxygen atoms in total. The fourth-order valence-corrected chi connectivity index (χ4v) is 3.74. The van der Waals surface area contributed by atoms with Crippen molar-refractivity contribution in [2.75, 3.05) is 7.05 Å². The molecule has 1 aliphatic rings. The molecule has 3 aromatic rings. The molecule has 0 radical (unpaired) electrons. The van der Waals surface area contributed by atoms with E-state index in [0.717, 1.165) is 24.5 Å². The molecule has 2 aromatic carbocycles. The first-order valence-electron chi connectivity index (χ1n) is 11.8. The van der Waals surface area contributed by atoms with Crippen LogP contribution >= 0.6 is 0 Å². The van der Waals surface area contributed by atoms with Gasteiger partial charge in [0.25, 0.3) is 5.56 Å². The number of rotatable bonds is 4. The van der Waals surface area contributed by atoms with Gasteiger partial charge in [0.2, 0.25) is 5.75 Å². The third-order valence-corrected chi connectivity index (χ3v) is 6.01. The van der Waals surface area contributed by atoms with E-state index in [1.54, 1.807) is 25.1 Å². The molecule has 1 heterocycles. The third-order valence-electron chi connectivity index (χ3n) is 6.01. The fourth-order valence-electron chi connectivity index (χ4n) is 3.74. The average molecular weight is 502 g/mol. The lowest BCUT2D eigenvalue weighted by molar-refractivity contribution is 0.112. The summed E-state index contributed by atoms with van der Waals surface area (Å²) in [5, 5.41) is 21.8. The Hall–Kier alpha value is -3.43. The summed E-state index contributed by atoms with van der Waals surface area (Å²) in [5.41, 5.74) is 2.10. The molecule has 3 N–H and O–H groups in total. The fraction of sp³-hybridized carbons (Fsp3) is 0.370. The SMILES string of the molecule is CCc1ccc(F)cc1F.CNC1CCCC1O.Cc1ccc(C=O)cc1-n1cnc(C)c(O)c1=O. The molecule has 1 saturated carbocycles. The van der Waals surface area contributed by atoms with Gasteiger partial charge in [-0.3, -0.25) is 14.2 Å². The van der Waals surface area contributed by atoms with Crippen molar-refractivity contribution < 1.29 is 23.8 Å².